The highest BCUT2D eigenvalue weighted by Gasteiger charge is 2.15. The van der Waals surface area contributed by atoms with Gasteiger partial charge in [-0.15, -0.1) is 11.3 Å². The van der Waals surface area contributed by atoms with E-state index < -0.39 is 0 Å². The van der Waals surface area contributed by atoms with E-state index in [1.54, 1.807) is 18.2 Å². The average Bonchev–Trinajstić information content (AvgIpc) is 3.16. The zero-order valence-electron chi connectivity index (χ0n) is 13.4. The number of benzene rings is 1. The Kier molecular flexibility index (Phi) is 4.71. The number of halogens is 1. The molecule has 0 aliphatic heterocycles. The predicted octanol–water partition coefficient (Wildman–Crippen LogP) is 4.19. The zero-order valence-corrected chi connectivity index (χ0v) is 14.2. The molecule has 1 amide bonds. The van der Waals surface area contributed by atoms with Crippen molar-refractivity contribution in [2.45, 2.75) is 26.7 Å². The highest BCUT2D eigenvalue weighted by molar-refractivity contribution is 7.16. The average molecular weight is 344 g/mol. The Hall–Kier alpha value is -2.54. The lowest BCUT2D eigenvalue weighted by atomic mass is 10.1. The van der Waals surface area contributed by atoms with Crippen molar-refractivity contribution in [3.63, 3.8) is 0 Å². The van der Waals surface area contributed by atoms with E-state index in [2.05, 4.69) is 27.4 Å². The van der Waals surface area contributed by atoms with Gasteiger partial charge in [0.15, 0.2) is 10.8 Å². The number of hydrogen-bond donors (Lipinski definition) is 2. The SMILES string of the molecule is CCCc1cc(C(=O)Nc2nc(-c3ccc(F)cc3)c(C)s2)n[nH]1. The minimum absolute atomic E-state index is 0.290. The number of anilines is 1. The van der Waals surface area contributed by atoms with E-state index in [-0.39, 0.29) is 11.7 Å². The van der Waals surface area contributed by atoms with Crippen LogP contribution in [0.1, 0.15) is 34.4 Å². The lowest BCUT2D eigenvalue weighted by molar-refractivity contribution is 0.102. The van der Waals surface area contributed by atoms with Crippen LogP contribution < -0.4 is 5.32 Å². The zero-order chi connectivity index (χ0) is 17.1. The molecule has 2 aromatic heterocycles. The predicted molar refractivity (Wildman–Crippen MR) is 92.8 cm³/mol. The molecule has 24 heavy (non-hydrogen) atoms. The van der Waals surface area contributed by atoms with Crippen LogP contribution in [0.4, 0.5) is 9.52 Å². The third-order valence-corrected chi connectivity index (χ3v) is 4.40. The number of rotatable bonds is 5. The molecule has 0 aliphatic rings. The van der Waals surface area contributed by atoms with E-state index in [4.69, 9.17) is 0 Å². The second-order valence-corrected chi connectivity index (χ2v) is 6.62. The molecule has 0 spiro atoms. The summed E-state index contributed by atoms with van der Waals surface area (Å²) in [6.45, 7) is 3.98. The normalized spacial score (nSPS) is 10.8. The molecule has 0 saturated heterocycles. The molecule has 3 aromatic rings. The summed E-state index contributed by atoms with van der Waals surface area (Å²) in [5.41, 5.74) is 2.83. The van der Waals surface area contributed by atoms with E-state index in [9.17, 15) is 9.18 Å². The first-order valence-corrected chi connectivity index (χ1v) is 8.47. The number of carbonyl (C=O) groups is 1. The fourth-order valence-corrected chi connectivity index (χ4v) is 3.19. The quantitative estimate of drug-likeness (QED) is 0.729. The van der Waals surface area contributed by atoms with Gasteiger partial charge in [0.1, 0.15) is 5.82 Å². The Bertz CT molecular complexity index is 854. The summed E-state index contributed by atoms with van der Waals surface area (Å²) in [7, 11) is 0. The molecule has 0 fully saturated rings. The van der Waals surface area contributed by atoms with Gasteiger partial charge in [0.05, 0.1) is 5.69 Å². The smallest absolute Gasteiger partial charge is 0.277 e. The van der Waals surface area contributed by atoms with Gasteiger partial charge in [-0.05, 0) is 43.7 Å². The molecule has 0 radical (unpaired) electrons. The number of thiazole rings is 1. The molecule has 0 atom stereocenters. The molecule has 3 rings (SSSR count). The number of nitrogens with zero attached hydrogens (tertiary/aromatic N) is 2. The van der Waals surface area contributed by atoms with Crippen molar-refractivity contribution >= 4 is 22.4 Å². The van der Waals surface area contributed by atoms with Gasteiger partial charge in [-0.2, -0.15) is 5.10 Å². The number of carbonyl (C=O) groups excluding carboxylic acids is 1. The van der Waals surface area contributed by atoms with Gasteiger partial charge in [-0.25, -0.2) is 9.37 Å². The number of aromatic nitrogens is 3. The summed E-state index contributed by atoms with van der Waals surface area (Å²) in [4.78, 5) is 17.7. The van der Waals surface area contributed by atoms with Crippen LogP contribution in [0.2, 0.25) is 0 Å². The Morgan fingerprint density at radius 3 is 2.79 bits per heavy atom. The van der Waals surface area contributed by atoms with E-state index >= 15 is 0 Å². The lowest BCUT2D eigenvalue weighted by Gasteiger charge is -1.98. The van der Waals surface area contributed by atoms with Gasteiger partial charge in [0, 0.05) is 16.1 Å². The summed E-state index contributed by atoms with van der Waals surface area (Å²) in [5, 5.41) is 10.1. The van der Waals surface area contributed by atoms with E-state index in [0.29, 0.717) is 10.8 Å². The number of amides is 1. The van der Waals surface area contributed by atoms with Crippen molar-refractivity contribution in [2.75, 3.05) is 5.32 Å². The van der Waals surface area contributed by atoms with Crippen LogP contribution in [0, 0.1) is 12.7 Å². The molecule has 2 N–H and O–H groups in total. The summed E-state index contributed by atoms with van der Waals surface area (Å²) in [6.07, 6.45) is 1.83. The van der Waals surface area contributed by atoms with E-state index in [1.807, 2.05) is 6.92 Å². The van der Waals surface area contributed by atoms with Crippen LogP contribution in [0.5, 0.6) is 0 Å². The largest absolute Gasteiger partial charge is 0.296 e. The van der Waals surface area contributed by atoms with Crippen LogP contribution in [0.15, 0.2) is 30.3 Å². The topological polar surface area (TPSA) is 70.7 Å². The number of aryl methyl sites for hydroxylation is 2. The highest BCUT2D eigenvalue weighted by atomic mass is 32.1. The van der Waals surface area contributed by atoms with Gasteiger partial charge >= 0.3 is 0 Å². The molecule has 2 heterocycles. The van der Waals surface area contributed by atoms with Gasteiger partial charge in [-0.3, -0.25) is 15.2 Å². The first-order chi connectivity index (χ1) is 11.6. The molecule has 124 valence electrons. The summed E-state index contributed by atoms with van der Waals surface area (Å²) >= 11 is 1.38. The Labute approximate surface area is 143 Å². The third-order valence-electron chi connectivity index (χ3n) is 3.52. The van der Waals surface area contributed by atoms with Crippen LogP contribution in [-0.4, -0.2) is 21.1 Å². The van der Waals surface area contributed by atoms with Gasteiger partial charge in [-0.1, -0.05) is 13.3 Å². The standard InChI is InChI=1S/C17H17FN4OS/c1-3-4-13-9-14(22-21-13)16(23)20-17-19-15(10(2)24-17)11-5-7-12(18)8-6-11/h5-9H,3-4H2,1-2H3,(H,21,22)(H,19,20,23). The molecule has 0 saturated carbocycles. The molecule has 0 unspecified atom stereocenters. The van der Waals surface area contributed by atoms with Crippen LogP contribution >= 0.6 is 11.3 Å². The van der Waals surface area contributed by atoms with Crippen LogP contribution in [0.25, 0.3) is 11.3 Å². The molecule has 0 bridgehead atoms. The minimum Gasteiger partial charge on any atom is -0.296 e. The summed E-state index contributed by atoms with van der Waals surface area (Å²) in [6, 6.07) is 7.89. The minimum atomic E-state index is -0.298. The fraction of sp³-hybridized carbons (Fsp3) is 0.235. The molecule has 5 nitrogen and oxygen atoms in total. The molecule has 0 aliphatic carbocycles. The summed E-state index contributed by atoms with van der Waals surface area (Å²) < 4.78 is 13.0. The van der Waals surface area contributed by atoms with E-state index in [1.165, 1.54) is 23.5 Å². The van der Waals surface area contributed by atoms with Crippen LogP contribution in [-0.2, 0) is 6.42 Å². The third kappa shape index (κ3) is 3.51. The molecule has 7 heteroatoms. The van der Waals surface area contributed by atoms with Gasteiger partial charge in [0.2, 0.25) is 0 Å². The second kappa shape index (κ2) is 6.92. The van der Waals surface area contributed by atoms with Crippen molar-refractivity contribution in [2.24, 2.45) is 0 Å². The maximum atomic E-state index is 13.0. The number of H-pyrrole nitrogens is 1. The van der Waals surface area contributed by atoms with Crippen molar-refractivity contribution in [1.29, 1.82) is 0 Å². The van der Waals surface area contributed by atoms with Gasteiger partial charge < -0.3 is 0 Å². The Morgan fingerprint density at radius 2 is 2.08 bits per heavy atom. The Morgan fingerprint density at radius 1 is 1.33 bits per heavy atom. The number of nitrogens with one attached hydrogen (secondary N) is 2. The Balaban J connectivity index is 1.77. The van der Waals surface area contributed by atoms with Crippen molar-refractivity contribution in [3.05, 3.63) is 52.4 Å². The van der Waals surface area contributed by atoms with Crippen molar-refractivity contribution in [3.8, 4) is 11.3 Å². The van der Waals surface area contributed by atoms with Gasteiger partial charge in [0.25, 0.3) is 5.91 Å². The highest BCUT2D eigenvalue weighted by Crippen LogP contribution is 2.30. The fourth-order valence-electron chi connectivity index (χ4n) is 2.36. The van der Waals surface area contributed by atoms with Crippen LogP contribution in [0.3, 0.4) is 0 Å². The monoisotopic (exact) mass is 344 g/mol. The first-order valence-electron chi connectivity index (χ1n) is 7.66. The lowest BCUT2D eigenvalue weighted by Crippen LogP contribution is -2.12. The van der Waals surface area contributed by atoms with Crippen molar-refractivity contribution in [1.82, 2.24) is 15.2 Å². The molecular formula is C17H17FN4OS. The number of aromatic amines is 1. The maximum absolute atomic E-state index is 13.0. The number of hydrogen-bond acceptors (Lipinski definition) is 4. The van der Waals surface area contributed by atoms with Crippen molar-refractivity contribution < 1.29 is 9.18 Å². The first kappa shape index (κ1) is 16.3. The second-order valence-electron chi connectivity index (χ2n) is 5.41. The molecular weight excluding hydrogens is 327 g/mol. The van der Waals surface area contributed by atoms with E-state index in [0.717, 1.165) is 34.7 Å². The maximum Gasteiger partial charge on any atom is 0.277 e. The molecule has 1 aromatic carbocycles. The summed E-state index contributed by atoms with van der Waals surface area (Å²) in [5.74, 6) is -0.588.